The van der Waals surface area contributed by atoms with Gasteiger partial charge in [0.15, 0.2) is 5.79 Å². The highest BCUT2D eigenvalue weighted by atomic mass is 127. The van der Waals surface area contributed by atoms with Crippen LogP contribution in [0.2, 0.25) is 5.02 Å². The number of amides is 1. The number of nitrogens with zero attached hydrogens (tertiary/aromatic N) is 2. The van der Waals surface area contributed by atoms with Gasteiger partial charge in [-0.05, 0) is 38.8 Å². The molecule has 168 valence electrons. The van der Waals surface area contributed by atoms with Gasteiger partial charge in [-0.15, -0.1) is 0 Å². The van der Waals surface area contributed by atoms with Crippen molar-refractivity contribution >= 4 is 51.4 Å². The summed E-state index contributed by atoms with van der Waals surface area (Å²) in [5, 5.41) is 12.7. The fourth-order valence-electron chi connectivity index (χ4n) is 2.90. The molecule has 1 unspecified atom stereocenters. The van der Waals surface area contributed by atoms with E-state index in [4.69, 9.17) is 21.2 Å². The third-order valence-corrected chi connectivity index (χ3v) is 5.56. The average Bonchev–Trinajstić information content (AvgIpc) is 2.98. The van der Waals surface area contributed by atoms with Gasteiger partial charge in [0.1, 0.15) is 23.5 Å². The van der Waals surface area contributed by atoms with Crippen LogP contribution < -0.4 is 10.8 Å². The number of rotatable bonds is 9. The number of carbonyl (C=O) groups is 1. The van der Waals surface area contributed by atoms with Gasteiger partial charge in [-0.3, -0.25) is 14.0 Å². The smallest absolute Gasteiger partial charge is 0.280 e. The van der Waals surface area contributed by atoms with Gasteiger partial charge in [0.25, 0.3) is 5.91 Å². The number of hydroxylamine groups is 1. The number of hydrogen-bond donors (Lipinski definition) is 3. The van der Waals surface area contributed by atoms with Crippen molar-refractivity contribution in [2.24, 2.45) is 0 Å². The van der Waals surface area contributed by atoms with Crippen molar-refractivity contribution in [2.45, 2.75) is 36.4 Å². The number of nitrogens with one attached hydrogen (secondary N) is 2. The highest BCUT2D eigenvalue weighted by Crippen LogP contribution is 2.34. The van der Waals surface area contributed by atoms with E-state index in [1.165, 1.54) is 26.3 Å². The maximum atomic E-state index is 14.4. The lowest BCUT2D eigenvalue weighted by atomic mass is 10.1. The molecule has 2 aromatic heterocycles. The quantitative estimate of drug-likeness (QED) is 0.139. The normalized spacial score (nSPS) is 16.8. The molecular formula is C20H23ClFIN4O4. The first kappa shape index (κ1) is 23.9. The van der Waals surface area contributed by atoms with Crippen LogP contribution in [0.25, 0.3) is 5.52 Å². The molecule has 1 aliphatic rings. The van der Waals surface area contributed by atoms with Crippen molar-refractivity contribution in [1.29, 1.82) is 0 Å². The Kier molecular flexibility index (Phi) is 7.92. The lowest BCUT2D eigenvalue weighted by Gasteiger charge is -2.18. The Morgan fingerprint density at radius 3 is 2.97 bits per heavy atom. The molecule has 0 aliphatic heterocycles. The van der Waals surface area contributed by atoms with Gasteiger partial charge in [0.05, 0.1) is 29.5 Å². The predicted octanol–water partition coefficient (Wildman–Crippen LogP) is 4.14. The van der Waals surface area contributed by atoms with Gasteiger partial charge in [-0.1, -0.05) is 40.3 Å². The Hall–Kier alpha value is -1.73. The molecule has 11 heteroatoms. The van der Waals surface area contributed by atoms with E-state index in [0.29, 0.717) is 18.4 Å². The molecule has 8 nitrogen and oxygen atoms in total. The molecule has 1 atom stereocenters. The van der Waals surface area contributed by atoms with Crippen LogP contribution in [0.1, 0.15) is 37.0 Å². The number of fused-ring (bicyclic) bond motifs is 1. The first-order valence-corrected chi connectivity index (χ1v) is 11.2. The van der Waals surface area contributed by atoms with E-state index in [0.717, 1.165) is 0 Å². The van der Waals surface area contributed by atoms with Crippen LogP contribution in [0, 0.1) is 0 Å². The summed E-state index contributed by atoms with van der Waals surface area (Å²) >= 11 is 8.61. The second kappa shape index (κ2) is 10.3. The third-order valence-electron chi connectivity index (χ3n) is 4.30. The molecule has 1 amide bonds. The van der Waals surface area contributed by atoms with Gasteiger partial charge in [-0.2, -0.15) is 0 Å². The zero-order chi connectivity index (χ0) is 22.6. The van der Waals surface area contributed by atoms with E-state index in [1.807, 2.05) is 0 Å². The maximum absolute atomic E-state index is 14.4. The summed E-state index contributed by atoms with van der Waals surface area (Å²) in [6.45, 7) is 3.47. The maximum Gasteiger partial charge on any atom is 0.280 e. The molecular weight excluding hydrogens is 542 g/mol. The number of hydrogen-bond acceptors (Lipinski definition) is 6. The van der Waals surface area contributed by atoms with Gasteiger partial charge in [-0.25, -0.2) is 14.9 Å². The summed E-state index contributed by atoms with van der Waals surface area (Å²) in [6, 6.07) is 1.65. The SMILES string of the molecule is CC(C)(O)OCCCONC(=O)c1c(Cl)c2ccncn2c1NC1=CCC(I)C=C1F. The number of aliphatic hydroxyl groups is 1. The molecule has 3 rings (SSSR count). The number of alkyl halides is 1. The number of anilines is 1. The van der Waals surface area contributed by atoms with Gasteiger partial charge in [0, 0.05) is 10.1 Å². The largest absolute Gasteiger partial charge is 0.366 e. The molecule has 2 heterocycles. The zero-order valence-electron chi connectivity index (χ0n) is 17.0. The van der Waals surface area contributed by atoms with E-state index in [-0.39, 0.29) is 39.2 Å². The zero-order valence-corrected chi connectivity index (χ0v) is 19.9. The van der Waals surface area contributed by atoms with Crippen LogP contribution in [0.4, 0.5) is 10.2 Å². The topological polar surface area (TPSA) is 97.1 Å². The monoisotopic (exact) mass is 564 g/mol. The molecule has 1 aliphatic carbocycles. The van der Waals surface area contributed by atoms with Crippen LogP contribution >= 0.6 is 34.2 Å². The molecule has 2 aromatic rings. The molecule has 0 bridgehead atoms. The number of allylic oxidation sites excluding steroid dienone is 3. The minimum Gasteiger partial charge on any atom is -0.366 e. The van der Waals surface area contributed by atoms with Crippen LogP contribution in [-0.4, -0.2) is 43.3 Å². The Balaban J connectivity index is 1.75. The van der Waals surface area contributed by atoms with Crippen molar-refractivity contribution in [1.82, 2.24) is 14.9 Å². The van der Waals surface area contributed by atoms with Crippen molar-refractivity contribution in [3.8, 4) is 0 Å². The number of aromatic nitrogens is 2. The van der Waals surface area contributed by atoms with Crippen molar-refractivity contribution in [2.75, 3.05) is 18.5 Å². The fourth-order valence-corrected chi connectivity index (χ4v) is 3.80. The Morgan fingerprint density at radius 1 is 1.48 bits per heavy atom. The molecule has 0 aromatic carbocycles. The lowest BCUT2D eigenvalue weighted by Crippen LogP contribution is -2.27. The molecule has 3 N–H and O–H groups in total. The first-order valence-electron chi connectivity index (χ1n) is 9.58. The van der Waals surface area contributed by atoms with Crippen LogP contribution in [-0.2, 0) is 9.57 Å². The molecule has 0 radical (unpaired) electrons. The van der Waals surface area contributed by atoms with Gasteiger partial charge in [0.2, 0.25) is 0 Å². The fraction of sp³-hybridized carbons (Fsp3) is 0.400. The minimum absolute atomic E-state index is 0.0639. The summed E-state index contributed by atoms with van der Waals surface area (Å²) < 4.78 is 21.3. The Morgan fingerprint density at radius 2 is 2.26 bits per heavy atom. The van der Waals surface area contributed by atoms with Crippen molar-refractivity contribution in [3.63, 3.8) is 0 Å². The molecule has 31 heavy (non-hydrogen) atoms. The summed E-state index contributed by atoms with van der Waals surface area (Å²) in [4.78, 5) is 22.1. The summed E-state index contributed by atoms with van der Waals surface area (Å²) in [7, 11) is 0. The minimum atomic E-state index is -1.23. The van der Waals surface area contributed by atoms with Crippen LogP contribution in [0.5, 0.6) is 0 Å². The first-order chi connectivity index (χ1) is 14.7. The second-order valence-corrected chi connectivity index (χ2v) is 9.29. The van der Waals surface area contributed by atoms with E-state index >= 15 is 0 Å². The average molecular weight is 565 g/mol. The highest BCUT2D eigenvalue weighted by Gasteiger charge is 2.25. The summed E-state index contributed by atoms with van der Waals surface area (Å²) in [6.07, 6.45) is 7.39. The molecule has 0 saturated carbocycles. The third kappa shape index (κ3) is 6.16. The van der Waals surface area contributed by atoms with Crippen molar-refractivity contribution < 1.29 is 23.9 Å². The predicted molar refractivity (Wildman–Crippen MR) is 124 cm³/mol. The van der Waals surface area contributed by atoms with Crippen LogP contribution in [0.15, 0.2) is 42.3 Å². The second-order valence-electron chi connectivity index (χ2n) is 7.31. The standard InChI is InChI=1S/C20H23ClFIN4O4/c1-20(2,29)30-8-3-9-31-26-19(28)16-17(21)15-6-7-24-11-27(15)18(16)25-14-5-4-12(23)10-13(14)22/h5-7,10-12,25,29H,3-4,8-9H2,1-2H3,(H,26,28). The summed E-state index contributed by atoms with van der Waals surface area (Å²) in [5.41, 5.74) is 3.25. The lowest BCUT2D eigenvalue weighted by molar-refractivity contribution is -0.178. The van der Waals surface area contributed by atoms with E-state index in [9.17, 15) is 14.3 Å². The Labute approximate surface area is 197 Å². The number of ether oxygens (including phenoxy) is 1. The van der Waals surface area contributed by atoms with Gasteiger partial charge >= 0.3 is 0 Å². The summed E-state index contributed by atoms with van der Waals surface area (Å²) in [5.74, 6) is -1.95. The van der Waals surface area contributed by atoms with Crippen molar-refractivity contribution in [3.05, 3.63) is 52.9 Å². The number of carbonyl (C=O) groups excluding carboxylic acids is 1. The highest BCUT2D eigenvalue weighted by molar-refractivity contribution is 14.1. The van der Waals surface area contributed by atoms with Crippen LogP contribution in [0.3, 0.4) is 0 Å². The molecule has 0 spiro atoms. The van der Waals surface area contributed by atoms with E-state index in [2.05, 4.69) is 38.4 Å². The van der Waals surface area contributed by atoms with E-state index in [1.54, 1.807) is 22.7 Å². The number of halogens is 3. The molecule has 0 fully saturated rings. The molecule has 0 saturated heterocycles. The Bertz CT molecular complexity index is 1020. The van der Waals surface area contributed by atoms with Gasteiger partial charge < -0.3 is 15.2 Å². The van der Waals surface area contributed by atoms with E-state index < -0.39 is 17.5 Å².